The molecule has 0 radical (unpaired) electrons. The summed E-state index contributed by atoms with van der Waals surface area (Å²) in [7, 11) is 0. The Hall–Kier alpha value is -1.55. The van der Waals surface area contributed by atoms with Crippen LogP contribution in [0.4, 0.5) is 0 Å². The number of rotatable bonds is 3. The molecule has 23 heavy (non-hydrogen) atoms. The molecule has 0 saturated heterocycles. The molecule has 4 aliphatic carbocycles. The van der Waals surface area contributed by atoms with Crippen molar-refractivity contribution in [1.82, 2.24) is 5.32 Å². The van der Waals surface area contributed by atoms with Gasteiger partial charge in [0.1, 0.15) is 0 Å². The molecule has 4 fully saturated rings. The number of hydrogen-bond donors (Lipinski definition) is 2. The fourth-order valence-electron chi connectivity index (χ4n) is 5.64. The first kappa shape index (κ1) is 15.0. The molecule has 4 saturated carbocycles. The second kappa shape index (κ2) is 4.97. The predicted octanol–water partition coefficient (Wildman–Crippen LogP) is 2.89. The number of nitrogens with two attached hydrogens (primary N) is 1. The molecule has 0 spiro atoms. The molecule has 4 aliphatic rings. The van der Waals surface area contributed by atoms with Crippen LogP contribution in [0.2, 0.25) is 5.02 Å². The van der Waals surface area contributed by atoms with Crippen molar-refractivity contribution >= 4 is 23.4 Å². The fourth-order valence-corrected chi connectivity index (χ4v) is 5.83. The highest BCUT2D eigenvalue weighted by Gasteiger charge is 2.60. The Kier molecular flexibility index (Phi) is 3.24. The molecular weight excluding hydrogens is 312 g/mol. The van der Waals surface area contributed by atoms with Crippen LogP contribution >= 0.6 is 11.6 Å². The minimum atomic E-state index is -0.411. The lowest BCUT2D eigenvalue weighted by Gasteiger charge is -2.61. The predicted molar refractivity (Wildman–Crippen MR) is 88.0 cm³/mol. The first-order valence-corrected chi connectivity index (χ1v) is 8.66. The summed E-state index contributed by atoms with van der Waals surface area (Å²) in [6.07, 6.45) is 5.58. The molecule has 5 rings (SSSR count). The van der Waals surface area contributed by atoms with E-state index >= 15 is 0 Å². The zero-order valence-corrected chi connectivity index (χ0v) is 13.7. The van der Waals surface area contributed by atoms with Gasteiger partial charge in [0.25, 0.3) is 5.91 Å². The van der Waals surface area contributed by atoms with Crippen LogP contribution in [-0.2, 0) is 4.79 Å². The van der Waals surface area contributed by atoms with Gasteiger partial charge in [0.15, 0.2) is 0 Å². The van der Waals surface area contributed by atoms with Gasteiger partial charge in [0.2, 0.25) is 5.91 Å². The number of carbonyl (C=O) groups is 2. The van der Waals surface area contributed by atoms with Gasteiger partial charge in [-0.1, -0.05) is 17.7 Å². The van der Waals surface area contributed by atoms with Crippen LogP contribution < -0.4 is 11.1 Å². The van der Waals surface area contributed by atoms with Gasteiger partial charge in [-0.15, -0.1) is 0 Å². The maximum absolute atomic E-state index is 12.7. The number of hydrogen-bond acceptors (Lipinski definition) is 2. The van der Waals surface area contributed by atoms with Gasteiger partial charge >= 0.3 is 0 Å². The average molecular weight is 333 g/mol. The highest BCUT2D eigenvalue weighted by atomic mass is 35.5. The van der Waals surface area contributed by atoms with Crippen LogP contribution in [-0.4, -0.2) is 17.4 Å². The van der Waals surface area contributed by atoms with E-state index < -0.39 is 5.41 Å². The maximum Gasteiger partial charge on any atom is 0.251 e. The van der Waals surface area contributed by atoms with Crippen molar-refractivity contribution in [1.29, 1.82) is 0 Å². The smallest absolute Gasteiger partial charge is 0.251 e. The normalized spacial score (nSPS) is 37.6. The number of carbonyl (C=O) groups excluding carboxylic acids is 2. The standard InChI is InChI=1S/C18H21ClN2O2/c19-14-3-1-2-13(5-14)15(22)21-18-8-11-4-12(9-18)7-17(6-11,10-18)16(20)23/h1-3,5,11-12H,4,6-10H2,(H2,20,23)(H,21,22). The SMILES string of the molecule is NC(=O)C12CC3CC(CC(NC(=O)c4cccc(Cl)c4)(C3)C1)C2. The monoisotopic (exact) mass is 332 g/mol. The number of amides is 2. The number of nitrogens with one attached hydrogen (secondary N) is 1. The first-order valence-electron chi connectivity index (χ1n) is 8.28. The summed E-state index contributed by atoms with van der Waals surface area (Å²) in [6, 6.07) is 6.99. The molecule has 4 bridgehead atoms. The third kappa shape index (κ3) is 2.44. The van der Waals surface area contributed by atoms with Crippen LogP contribution in [0.15, 0.2) is 24.3 Å². The van der Waals surface area contributed by atoms with Gasteiger partial charge in [-0.2, -0.15) is 0 Å². The second-order valence-corrected chi connectivity index (χ2v) is 8.29. The number of halogens is 1. The average Bonchev–Trinajstić information content (AvgIpc) is 2.45. The van der Waals surface area contributed by atoms with E-state index in [1.165, 1.54) is 6.42 Å². The van der Waals surface area contributed by atoms with E-state index in [2.05, 4.69) is 5.32 Å². The molecule has 1 aromatic rings. The van der Waals surface area contributed by atoms with Crippen LogP contribution in [0, 0.1) is 17.3 Å². The summed E-state index contributed by atoms with van der Waals surface area (Å²) < 4.78 is 0. The lowest BCUT2D eigenvalue weighted by molar-refractivity contribution is -0.146. The maximum atomic E-state index is 12.7. The third-order valence-electron chi connectivity index (χ3n) is 6.05. The van der Waals surface area contributed by atoms with Crippen molar-refractivity contribution in [3.05, 3.63) is 34.9 Å². The summed E-state index contributed by atoms with van der Waals surface area (Å²) in [5.74, 6) is 0.717. The van der Waals surface area contributed by atoms with E-state index in [0.29, 0.717) is 28.8 Å². The minimum absolute atomic E-state index is 0.103. The quantitative estimate of drug-likeness (QED) is 0.893. The molecule has 122 valence electrons. The molecular formula is C18H21ClN2O2. The van der Waals surface area contributed by atoms with Crippen LogP contribution in [0.1, 0.15) is 48.9 Å². The van der Waals surface area contributed by atoms with E-state index in [1.807, 2.05) is 0 Å². The largest absolute Gasteiger partial charge is 0.369 e. The van der Waals surface area contributed by atoms with Crippen LogP contribution in [0.5, 0.6) is 0 Å². The van der Waals surface area contributed by atoms with Gasteiger partial charge in [0, 0.05) is 16.1 Å². The molecule has 5 heteroatoms. The zero-order chi connectivity index (χ0) is 16.2. The molecule has 0 heterocycles. The van der Waals surface area contributed by atoms with Gasteiger partial charge in [-0.25, -0.2) is 0 Å². The summed E-state index contributed by atoms with van der Waals surface area (Å²) in [5, 5.41) is 3.79. The Morgan fingerprint density at radius 2 is 1.87 bits per heavy atom. The first-order chi connectivity index (χ1) is 10.9. The minimum Gasteiger partial charge on any atom is -0.369 e. The summed E-state index contributed by atoms with van der Waals surface area (Å²) in [6.45, 7) is 0. The van der Waals surface area contributed by atoms with Gasteiger partial charge in [0.05, 0.1) is 5.41 Å². The summed E-state index contributed by atoms with van der Waals surface area (Å²) in [5.41, 5.74) is 5.62. The Balaban J connectivity index is 1.61. The van der Waals surface area contributed by atoms with Crippen LogP contribution in [0.3, 0.4) is 0 Å². The molecule has 3 N–H and O–H groups in total. The van der Waals surface area contributed by atoms with E-state index in [9.17, 15) is 9.59 Å². The third-order valence-corrected chi connectivity index (χ3v) is 6.28. The molecule has 0 aromatic heterocycles. The lowest BCUT2D eigenvalue weighted by atomic mass is 9.46. The van der Waals surface area contributed by atoms with Crippen molar-refractivity contribution in [3.8, 4) is 0 Å². The van der Waals surface area contributed by atoms with E-state index in [-0.39, 0.29) is 17.4 Å². The number of primary amides is 1. The van der Waals surface area contributed by atoms with Gasteiger partial charge in [-0.05, 0) is 68.6 Å². The Labute approximate surface area is 140 Å². The van der Waals surface area contributed by atoms with Gasteiger partial charge in [-0.3, -0.25) is 9.59 Å². The van der Waals surface area contributed by atoms with Crippen molar-refractivity contribution in [3.63, 3.8) is 0 Å². The van der Waals surface area contributed by atoms with E-state index in [0.717, 1.165) is 25.7 Å². The molecule has 0 aliphatic heterocycles. The van der Waals surface area contributed by atoms with Crippen molar-refractivity contribution < 1.29 is 9.59 Å². The Bertz CT molecular complexity index is 673. The molecule has 4 nitrogen and oxygen atoms in total. The summed E-state index contributed by atoms with van der Waals surface area (Å²) >= 11 is 5.99. The van der Waals surface area contributed by atoms with Crippen molar-refractivity contribution in [2.24, 2.45) is 23.0 Å². The molecule has 2 atom stereocenters. The Morgan fingerprint density at radius 1 is 1.17 bits per heavy atom. The van der Waals surface area contributed by atoms with Crippen LogP contribution in [0.25, 0.3) is 0 Å². The van der Waals surface area contributed by atoms with E-state index in [4.69, 9.17) is 17.3 Å². The highest BCUT2D eigenvalue weighted by molar-refractivity contribution is 6.30. The van der Waals surface area contributed by atoms with Gasteiger partial charge < -0.3 is 11.1 Å². The second-order valence-electron chi connectivity index (χ2n) is 7.85. The topological polar surface area (TPSA) is 72.2 Å². The highest BCUT2D eigenvalue weighted by Crippen LogP contribution is 2.61. The van der Waals surface area contributed by atoms with E-state index in [1.54, 1.807) is 24.3 Å². The summed E-state index contributed by atoms with van der Waals surface area (Å²) in [4.78, 5) is 24.8. The zero-order valence-electron chi connectivity index (χ0n) is 13.0. The molecule has 2 unspecified atom stereocenters. The van der Waals surface area contributed by atoms with Crippen molar-refractivity contribution in [2.45, 2.75) is 44.1 Å². The lowest BCUT2D eigenvalue weighted by Crippen LogP contribution is -2.65. The molecule has 2 amide bonds. The Morgan fingerprint density at radius 3 is 2.48 bits per heavy atom. The number of benzene rings is 1. The fraction of sp³-hybridized carbons (Fsp3) is 0.556. The molecule has 1 aromatic carbocycles. The van der Waals surface area contributed by atoms with Crippen molar-refractivity contribution in [2.75, 3.05) is 0 Å².